The molecule has 0 amide bonds. The molecule has 3 aromatic rings. The second kappa shape index (κ2) is 8.56. The molecule has 10 heteroatoms. The lowest BCUT2D eigenvalue weighted by atomic mass is 10.0. The van der Waals surface area contributed by atoms with Gasteiger partial charge < -0.3 is 19.3 Å². The Kier molecular flexibility index (Phi) is 5.65. The summed E-state index contributed by atoms with van der Waals surface area (Å²) in [4.78, 5) is 34.9. The van der Waals surface area contributed by atoms with E-state index in [1.54, 1.807) is 54.7 Å². The standard InChI is InChI=1S/C22H15ClN2O7/c1-12(26)30-11-18(27)32-21(22(28)29)20-16-10-25(14-8-6-13(23)7-9-14)24-19(16)15-4-2-3-5-17(15)31-20/h2-10H,11H2,1H3,(H,28,29). The van der Waals surface area contributed by atoms with Crippen LogP contribution in [0.2, 0.25) is 5.02 Å². The van der Waals surface area contributed by atoms with Crippen molar-refractivity contribution in [3.8, 4) is 22.7 Å². The molecule has 0 spiro atoms. The van der Waals surface area contributed by atoms with Crippen LogP contribution >= 0.6 is 11.6 Å². The first-order valence-corrected chi connectivity index (χ1v) is 9.66. The van der Waals surface area contributed by atoms with Gasteiger partial charge in [-0.05, 0) is 36.4 Å². The number of carboxylic acid groups (broad SMARTS) is 1. The van der Waals surface area contributed by atoms with Gasteiger partial charge in [-0.1, -0.05) is 23.7 Å². The average Bonchev–Trinajstić information content (AvgIpc) is 3.21. The van der Waals surface area contributed by atoms with Gasteiger partial charge in [0.25, 0.3) is 5.76 Å². The molecule has 0 bridgehead atoms. The number of carbonyl (C=O) groups is 3. The van der Waals surface area contributed by atoms with Crippen LogP contribution in [0.3, 0.4) is 0 Å². The highest BCUT2D eigenvalue weighted by atomic mass is 35.5. The number of aromatic nitrogens is 2. The first kappa shape index (κ1) is 21.1. The minimum atomic E-state index is -1.54. The number of nitrogens with zero attached hydrogens (tertiary/aromatic N) is 2. The summed E-state index contributed by atoms with van der Waals surface area (Å²) in [5.41, 5.74) is 2.04. The third-order valence-corrected chi connectivity index (χ3v) is 4.67. The van der Waals surface area contributed by atoms with E-state index in [1.165, 1.54) is 4.68 Å². The Hall–Kier alpha value is -4.11. The molecule has 2 heterocycles. The van der Waals surface area contributed by atoms with Gasteiger partial charge in [0.15, 0.2) is 12.4 Å². The number of benzene rings is 2. The van der Waals surface area contributed by atoms with Crippen molar-refractivity contribution in [1.82, 2.24) is 9.78 Å². The number of halogens is 1. The number of hydrogen-bond acceptors (Lipinski definition) is 7. The summed E-state index contributed by atoms with van der Waals surface area (Å²) in [6.45, 7) is 0.370. The SMILES string of the molecule is CC(=O)OCC(=O)OC(C(=O)O)=C1Oc2ccccc2-c2nn(-c3ccc(Cl)cc3)cc21. The highest BCUT2D eigenvalue weighted by Gasteiger charge is 2.32. The zero-order valence-electron chi connectivity index (χ0n) is 16.6. The van der Waals surface area contributed by atoms with Gasteiger partial charge in [0.2, 0.25) is 0 Å². The Labute approximate surface area is 186 Å². The molecule has 0 unspecified atom stereocenters. The molecule has 2 aromatic carbocycles. The van der Waals surface area contributed by atoms with Crippen LogP contribution in [0.25, 0.3) is 22.7 Å². The van der Waals surface area contributed by atoms with Gasteiger partial charge in [-0.25, -0.2) is 14.3 Å². The number of esters is 2. The fourth-order valence-corrected chi connectivity index (χ4v) is 3.17. The summed E-state index contributed by atoms with van der Waals surface area (Å²) >= 11 is 5.96. The van der Waals surface area contributed by atoms with Crippen LogP contribution in [-0.2, 0) is 23.9 Å². The van der Waals surface area contributed by atoms with E-state index in [0.717, 1.165) is 6.92 Å². The number of ether oxygens (including phenoxy) is 3. The third kappa shape index (κ3) is 4.19. The first-order valence-electron chi connectivity index (χ1n) is 9.28. The summed E-state index contributed by atoms with van der Waals surface area (Å²) < 4.78 is 16.9. The predicted octanol–water partition coefficient (Wildman–Crippen LogP) is 3.44. The Morgan fingerprint density at radius 3 is 2.50 bits per heavy atom. The predicted molar refractivity (Wildman–Crippen MR) is 112 cm³/mol. The average molecular weight is 455 g/mol. The highest BCUT2D eigenvalue weighted by Crippen LogP contribution is 2.42. The number of aliphatic carboxylic acids is 1. The summed E-state index contributed by atoms with van der Waals surface area (Å²) in [5.74, 6) is -3.94. The van der Waals surface area contributed by atoms with Gasteiger partial charge in [-0.3, -0.25) is 4.79 Å². The van der Waals surface area contributed by atoms with Crippen LogP contribution in [0.15, 0.2) is 60.5 Å². The Balaban J connectivity index is 1.83. The number of carbonyl (C=O) groups excluding carboxylic acids is 2. The molecule has 162 valence electrons. The van der Waals surface area contributed by atoms with Crippen molar-refractivity contribution in [2.45, 2.75) is 6.92 Å². The Bertz CT molecular complexity index is 1260. The van der Waals surface area contributed by atoms with Crippen LogP contribution in [0, 0.1) is 0 Å². The van der Waals surface area contributed by atoms with Gasteiger partial charge in [0, 0.05) is 23.7 Å². The van der Waals surface area contributed by atoms with Crippen molar-refractivity contribution >= 4 is 35.3 Å². The zero-order chi connectivity index (χ0) is 22.8. The maximum Gasteiger partial charge on any atom is 0.375 e. The molecule has 0 saturated carbocycles. The largest absolute Gasteiger partial charge is 0.475 e. The maximum absolute atomic E-state index is 12.0. The molecule has 1 N–H and O–H groups in total. The minimum absolute atomic E-state index is 0.206. The van der Waals surface area contributed by atoms with E-state index in [9.17, 15) is 19.5 Å². The normalized spacial score (nSPS) is 13.3. The second-order valence-corrected chi connectivity index (χ2v) is 7.06. The highest BCUT2D eigenvalue weighted by molar-refractivity contribution is 6.30. The molecule has 0 fully saturated rings. The molecule has 0 radical (unpaired) electrons. The second-order valence-electron chi connectivity index (χ2n) is 6.63. The third-order valence-electron chi connectivity index (χ3n) is 4.41. The van der Waals surface area contributed by atoms with E-state index in [1.807, 2.05) is 0 Å². The van der Waals surface area contributed by atoms with Crippen molar-refractivity contribution < 1.29 is 33.7 Å². The van der Waals surface area contributed by atoms with Crippen molar-refractivity contribution in [2.75, 3.05) is 6.61 Å². The van der Waals surface area contributed by atoms with Crippen molar-refractivity contribution in [3.05, 3.63) is 71.1 Å². The van der Waals surface area contributed by atoms with Crippen LogP contribution in [0.4, 0.5) is 0 Å². The quantitative estimate of drug-likeness (QED) is 0.354. The van der Waals surface area contributed by atoms with E-state index in [0.29, 0.717) is 33.3 Å². The van der Waals surface area contributed by atoms with E-state index >= 15 is 0 Å². The molecule has 9 nitrogen and oxygen atoms in total. The summed E-state index contributed by atoms with van der Waals surface area (Å²) in [5, 5.41) is 14.8. The summed E-state index contributed by atoms with van der Waals surface area (Å²) in [7, 11) is 0. The van der Waals surface area contributed by atoms with Crippen LogP contribution in [0.5, 0.6) is 5.75 Å². The lowest BCUT2D eigenvalue weighted by Gasteiger charge is -2.20. The zero-order valence-corrected chi connectivity index (χ0v) is 17.3. The van der Waals surface area contributed by atoms with Gasteiger partial charge in [-0.2, -0.15) is 5.10 Å². The molecule has 1 aliphatic rings. The molecule has 32 heavy (non-hydrogen) atoms. The monoisotopic (exact) mass is 454 g/mol. The first-order chi connectivity index (χ1) is 15.3. The molecule has 1 aliphatic heterocycles. The lowest BCUT2D eigenvalue weighted by molar-refractivity contribution is -0.157. The smallest absolute Gasteiger partial charge is 0.375 e. The maximum atomic E-state index is 12.0. The number of hydrogen-bond donors (Lipinski definition) is 1. The van der Waals surface area contributed by atoms with Crippen molar-refractivity contribution in [1.29, 1.82) is 0 Å². The fourth-order valence-electron chi connectivity index (χ4n) is 3.04. The van der Waals surface area contributed by atoms with Crippen molar-refractivity contribution in [3.63, 3.8) is 0 Å². The van der Waals surface area contributed by atoms with Crippen LogP contribution in [0.1, 0.15) is 12.5 Å². The molecular formula is C22H15ClN2O7. The molecule has 1 aromatic heterocycles. The Morgan fingerprint density at radius 2 is 1.81 bits per heavy atom. The van der Waals surface area contributed by atoms with E-state index < -0.39 is 30.3 Å². The molecule has 0 atom stereocenters. The van der Waals surface area contributed by atoms with Gasteiger partial charge in [-0.15, -0.1) is 0 Å². The summed E-state index contributed by atoms with van der Waals surface area (Å²) in [6.07, 6.45) is 1.56. The number of fused-ring (bicyclic) bond motifs is 3. The number of para-hydroxylation sites is 1. The van der Waals surface area contributed by atoms with E-state index in [2.05, 4.69) is 9.84 Å². The Morgan fingerprint density at radius 1 is 1.09 bits per heavy atom. The van der Waals surface area contributed by atoms with Crippen LogP contribution in [-0.4, -0.2) is 39.4 Å². The topological polar surface area (TPSA) is 117 Å². The lowest BCUT2D eigenvalue weighted by Crippen LogP contribution is -2.20. The molecule has 0 saturated heterocycles. The van der Waals surface area contributed by atoms with E-state index in [-0.39, 0.29) is 5.76 Å². The van der Waals surface area contributed by atoms with E-state index in [4.69, 9.17) is 21.1 Å². The van der Waals surface area contributed by atoms with Crippen LogP contribution < -0.4 is 4.74 Å². The number of rotatable bonds is 5. The van der Waals surface area contributed by atoms with Gasteiger partial charge in [0.1, 0.15) is 11.4 Å². The molecule has 0 aliphatic carbocycles. The van der Waals surface area contributed by atoms with Crippen molar-refractivity contribution in [2.24, 2.45) is 0 Å². The van der Waals surface area contributed by atoms with Gasteiger partial charge >= 0.3 is 17.9 Å². The molecule has 4 rings (SSSR count). The molecular weight excluding hydrogens is 440 g/mol. The van der Waals surface area contributed by atoms with Gasteiger partial charge in [0.05, 0.1) is 11.3 Å². The number of carboxylic acids is 1. The summed E-state index contributed by atoms with van der Waals surface area (Å²) in [6, 6.07) is 13.8. The minimum Gasteiger partial charge on any atom is -0.475 e. The fraction of sp³-hybridized carbons (Fsp3) is 0.0909.